The largest absolute Gasteiger partial charge is 0.491 e. The van der Waals surface area contributed by atoms with Gasteiger partial charge in [0.25, 0.3) is 0 Å². The van der Waals surface area contributed by atoms with Gasteiger partial charge in [0, 0.05) is 24.3 Å². The fraction of sp³-hybridized carbons (Fsp3) is 0.300. The first kappa shape index (κ1) is 17.2. The van der Waals surface area contributed by atoms with Crippen LogP contribution in [0.5, 0.6) is 5.75 Å². The van der Waals surface area contributed by atoms with Gasteiger partial charge in [0.05, 0.1) is 6.61 Å². The Morgan fingerprint density at radius 2 is 1.36 bits per heavy atom. The number of hydrogen-bond acceptors (Lipinski definition) is 4. The summed E-state index contributed by atoms with van der Waals surface area (Å²) in [7, 11) is 0. The fourth-order valence-corrected chi connectivity index (χ4v) is 2.83. The van der Waals surface area contributed by atoms with Gasteiger partial charge in [0.15, 0.2) is 0 Å². The summed E-state index contributed by atoms with van der Waals surface area (Å²) in [6, 6.07) is 17.3. The molecule has 5 nitrogen and oxygen atoms in total. The summed E-state index contributed by atoms with van der Waals surface area (Å²) in [5.41, 5.74) is 1.70. The molecule has 2 aromatic rings. The number of benzene rings is 2. The minimum absolute atomic E-state index is 0.428. The molecule has 0 bridgehead atoms. The van der Waals surface area contributed by atoms with Gasteiger partial charge in [-0.15, -0.1) is 0 Å². The van der Waals surface area contributed by atoms with Crippen molar-refractivity contribution in [2.75, 3.05) is 26.4 Å². The van der Waals surface area contributed by atoms with Gasteiger partial charge < -0.3 is 14.4 Å². The highest BCUT2D eigenvalue weighted by molar-refractivity contribution is 6.23. The quantitative estimate of drug-likeness (QED) is 0.688. The van der Waals surface area contributed by atoms with Crippen molar-refractivity contribution in [3.63, 3.8) is 0 Å². The molecule has 0 atom stereocenters. The summed E-state index contributed by atoms with van der Waals surface area (Å²) in [6.07, 6.45) is 1.79. The van der Waals surface area contributed by atoms with E-state index in [4.69, 9.17) is 20.3 Å². The highest BCUT2D eigenvalue weighted by atomic mass is 16.5. The summed E-state index contributed by atoms with van der Waals surface area (Å²) in [6.45, 7) is 2.45. The number of rotatable bonds is 9. The molecule has 2 N–H and O–H groups in total. The van der Waals surface area contributed by atoms with Gasteiger partial charge >= 0.3 is 0 Å². The number of nitrogens with zero attached hydrogens (tertiary/aromatic N) is 1. The number of fused-ring (bicyclic) bond motifs is 1. The number of nitrogens with one attached hydrogen (secondary N) is 2. The lowest BCUT2D eigenvalue weighted by Crippen LogP contribution is -2.30. The lowest BCUT2D eigenvalue weighted by atomic mass is 10.1. The molecule has 3 rings (SSSR count). The van der Waals surface area contributed by atoms with Crippen molar-refractivity contribution < 1.29 is 9.47 Å². The molecule has 0 saturated carbocycles. The van der Waals surface area contributed by atoms with E-state index >= 15 is 0 Å². The maximum absolute atomic E-state index is 8.21. The topological polar surface area (TPSA) is 69.4 Å². The molecule has 1 aliphatic heterocycles. The third kappa shape index (κ3) is 4.25. The van der Waals surface area contributed by atoms with E-state index in [1.54, 1.807) is 4.90 Å². The molecular formula is C20H23N3O2. The number of para-hydroxylation sites is 1. The van der Waals surface area contributed by atoms with Crippen molar-refractivity contribution in [2.24, 2.45) is 0 Å². The van der Waals surface area contributed by atoms with Gasteiger partial charge in [-0.3, -0.25) is 10.8 Å². The first-order valence-electron chi connectivity index (χ1n) is 8.57. The van der Waals surface area contributed by atoms with Gasteiger partial charge in [-0.1, -0.05) is 42.5 Å². The smallest absolute Gasteiger partial charge is 0.134 e. The standard InChI is InChI=1S/C20H23N3O2/c21-19-17-10-4-5-11-18(17)20(22)23(19)12-6-7-13-24-14-15-25-16-8-2-1-3-9-16/h1-5,8-11,21-22H,6-7,12-15H2. The average Bonchev–Trinajstić information content (AvgIpc) is 2.90. The fourth-order valence-electron chi connectivity index (χ4n) is 2.83. The van der Waals surface area contributed by atoms with Crippen LogP contribution in [0, 0.1) is 10.8 Å². The van der Waals surface area contributed by atoms with Crippen LogP contribution in [-0.2, 0) is 4.74 Å². The van der Waals surface area contributed by atoms with Crippen LogP contribution in [0.25, 0.3) is 0 Å². The number of amidine groups is 2. The molecule has 130 valence electrons. The van der Waals surface area contributed by atoms with Gasteiger partial charge in [-0.05, 0) is 25.0 Å². The van der Waals surface area contributed by atoms with Crippen molar-refractivity contribution in [2.45, 2.75) is 12.8 Å². The Bertz CT molecular complexity index is 696. The zero-order chi connectivity index (χ0) is 17.5. The van der Waals surface area contributed by atoms with E-state index in [9.17, 15) is 0 Å². The summed E-state index contributed by atoms with van der Waals surface area (Å²) in [5, 5.41) is 16.4. The van der Waals surface area contributed by atoms with E-state index in [-0.39, 0.29) is 0 Å². The third-order valence-electron chi connectivity index (χ3n) is 4.14. The predicted octanol–water partition coefficient (Wildman–Crippen LogP) is 3.53. The summed E-state index contributed by atoms with van der Waals surface area (Å²) in [4.78, 5) is 1.77. The van der Waals surface area contributed by atoms with Crippen LogP contribution in [0.2, 0.25) is 0 Å². The lowest BCUT2D eigenvalue weighted by molar-refractivity contribution is 0.0971. The zero-order valence-corrected chi connectivity index (χ0v) is 14.2. The van der Waals surface area contributed by atoms with Crippen LogP contribution in [0.15, 0.2) is 54.6 Å². The van der Waals surface area contributed by atoms with E-state index in [1.165, 1.54) is 0 Å². The summed E-state index contributed by atoms with van der Waals surface area (Å²) >= 11 is 0. The first-order valence-corrected chi connectivity index (χ1v) is 8.57. The number of ether oxygens (including phenoxy) is 2. The molecule has 0 aromatic heterocycles. The van der Waals surface area contributed by atoms with Crippen LogP contribution in [0.1, 0.15) is 24.0 Å². The molecule has 1 heterocycles. The molecule has 1 aliphatic rings. The van der Waals surface area contributed by atoms with Crippen LogP contribution in [-0.4, -0.2) is 42.9 Å². The van der Waals surface area contributed by atoms with E-state index in [1.807, 2.05) is 54.6 Å². The minimum Gasteiger partial charge on any atom is -0.491 e. The van der Waals surface area contributed by atoms with E-state index in [2.05, 4.69) is 0 Å². The van der Waals surface area contributed by atoms with E-state index < -0.39 is 0 Å². The summed E-state index contributed by atoms with van der Waals surface area (Å²) < 4.78 is 11.2. The van der Waals surface area contributed by atoms with Crippen molar-refractivity contribution in [1.82, 2.24) is 4.90 Å². The van der Waals surface area contributed by atoms with Crippen LogP contribution in [0.4, 0.5) is 0 Å². The second-order valence-corrected chi connectivity index (χ2v) is 5.88. The highest BCUT2D eigenvalue weighted by Gasteiger charge is 2.28. The summed E-state index contributed by atoms with van der Waals surface area (Å²) in [5.74, 6) is 1.72. The molecule has 0 unspecified atom stereocenters. The van der Waals surface area contributed by atoms with Crippen LogP contribution in [0.3, 0.4) is 0 Å². The molecule has 0 saturated heterocycles. The average molecular weight is 337 g/mol. The lowest BCUT2D eigenvalue weighted by Gasteiger charge is -2.17. The normalized spacial score (nSPS) is 13.2. The van der Waals surface area contributed by atoms with Crippen molar-refractivity contribution in [3.8, 4) is 5.75 Å². The SMILES string of the molecule is N=C1c2ccccc2C(=N)N1CCCCOCCOc1ccccc1. The van der Waals surface area contributed by atoms with Crippen molar-refractivity contribution in [1.29, 1.82) is 10.8 Å². The van der Waals surface area contributed by atoms with Gasteiger partial charge in [-0.25, -0.2) is 0 Å². The van der Waals surface area contributed by atoms with E-state index in [0.29, 0.717) is 38.0 Å². The Morgan fingerprint density at radius 3 is 2.04 bits per heavy atom. The molecule has 25 heavy (non-hydrogen) atoms. The zero-order valence-electron chi connectivity index (χ0n) is 14.2. The van der Waals surface area contributed by atoms with Gasteiger partial charge in [0.1, 0.15) is 24.0 Å². The molecular weight excluding hydrogens is 314 g/mol. The minimum atomic E-state index is 0.428. The van der Waals surface area contributed by atoms with Crippen molar-refractivity contribution >= 4 is 11.7 Å². The number of unbranched alkanes of at least 4 members (excludes halogenated alkanes) is 1. The predicted molar refractivity (Wildman–Crippen MR) is 98.8 cm³/mol. The Morgan fingerprint density at radius 1 is 0.720 bits per heavy atom. The maximum Gasteiger partial charge on any atom is 0.134 e. The van der Waals surface area contributed by atoms with Crippen molar-refractivity contribution in [3.05, 3.63) is 65.7 Å². The highest BCUT2D eigenvalue weighted by Crippen LogP contribution is 2.22. The van der Waals surface area contributed by atoms with E-state index in [0.717, 1.165) is 29.7 Å². The Kier molecular flexibility index (Phi) is 5.80. The molecule has 0 aliphatic carbocycles. The third-order valence-corrected chi connectivity index (χ3v) is 4.14. The molecule has 2 aromatic carbocycles. The van der Waals surface area contributed by atoms with Crippen LogP contribution >= 0.6 is 0 Å². The second-order valence-electron chi connectivity index (χ2n) is 5.88. The Balaban J connectivity index is 1.29. The van der Waals surface area contributed by atoms with Crippen LogP contribution < -0.4 is 4.74 Å². The molecule has 5 heteroatoms. The first-order chi connectivity index (χ1) is 12.3. The molecule has 0 amide bonds. The molecule has 0 spiro atoms. The number of hydrogen-bond donors (Lipinski definition) is 2. The van der Waals surface area contributed by atoms with Gasteiger partial charge in [-0.2, -0.15) is 0 Å². The molecule has 0 fully saturated rings. The monoisotopic (exact) mass is 337 g/mol. The molecule has 0 radical (unpaired) electrons. The maximum atomic E-state index is 8.21. The Hall–Kier alpha value is -2.66. The van der Waals surface area contributed by atoms with Gasteiger partial charge in [0.2, 0.25) is 0 Å². The Labute approximate surface area is 148 Å². The second kappa shape index (κ2) is 8.44.